The third-order valence-electron chi connectivity index (χ3n) is 8.82. The molecule has 3 fully saturated rings. The van der Waals surface area contributed by atoms with Crippen LogP contribution >= 0.6 is 0 Å². The first-order chi connectivity index (χ1) is 15.0. The van der Waals surface area contributed by atoms with E-state index in [1.807, 2.05) is 20.8 Å². The summed E-state index contributed by atoms with van der Waals surface area (Å²) in [5.74, 6) is 2.17. The first-order valence-corrected chi connectivity index (χ1v) is 13.2. The fraction of sp³-hybridized carbons (Fsp3) is 0.793. The Morgan fingerprint density at radius 1 is 1.28 bits per heavy atom. The van der Waals surface area contributed by atoms with Crippen LogP contribution in [0.1, 0.15) is 98.8 Å². The predicted molar refractivity (Wildman–Crippen MR) is 133 cm³/mol. The predicted octanol–water partition coefficient (Wildman–Crippen LogP) is 6.75. The lowest BCUT2D eigenvalue weighted by Gasteiger charge is -2.44. The minimum absolute atomic E-state index is 0.0994. The Labute approximate surface area is 197 Å². The number of rotatable bonds is 8. The molecule has 0 heterocycles. The summed E-state index contributed by atoms with van der Waals surface area (Å²) < 4.78 is 5.82. The summed E-state index contributed by atoms with van der Waals surface area (Å²) >= 11 is 0. The largest absolute Gasteiger partial charge is 0.390 e. The number of ether oxygens (including phenoxy) is 1. The van der Waals surface area contributed by atoms with Gasteiger partial charge in [-0.05, 0) is 100 Å². The van der Waals surface area contributed by atoms with Crippen molar-refractivity contribution in [3.8, 4) is 0 Å². The standard InChI is InChI=1S/C29H48O3/c1-7-32-24-18-23(21(3)27(30)19-24)13-12-22-11-9-17-29(6)25(14-15-26(22)29)20(2)10-8-16-28(4,5)31/h12-13,20,24-27,30-31H,3,7-11,14-19H2,1-2,4-6H3/b22-12+,23-13-/t20-,24-,25-,26+,27+,29-/m1/s1. The van der Waals surface area contributed by atoms with E-state index in [1.54, 1.807) is 5.57 Å². The molecule has 0 bridgehead atoms. The monoisotopic (exact) mass is 444 g/mol. The minimum Gasteiger partial charge on any atom is -0.390 e. The average Bonchev–Trinajstić information content (AvgIpc) is 3.06. The van der Waals surface area contributed by atoms with Crippen molar-refractivity contribution >= 4 is 0 Å². The van der Waals surface area contributed by atoms with E-state index in [4.69, 9.17) is 4.74 Å². The molecule has 3 aliphatic carbocycles. The van der Waals surface area contributed by atoms with Gasteiger partial charge in [-0.25, -0.2) is 0 Å². The molecular formula is C29H48O3. The second kappa shape index (κ2) is 10.6. The van der Waals surface area contributed by atoms with Crippen LogP contribution in [0.3, 0.4) is 0 Å². The summed E-state index contributed by atoms with van der Waals surface area (Å²) in [5, 5.41) is 20.5. The number of fused-ring (bicyclic) bond motifs is 1. The molecule has 0 saturated heterocycles. The summed E-state index contributed by atoms with van der Waals surface area (Å²) in [7, 11) is 0. The normalized spacial score (nSPS) is 37.2. The maximum atomic E-state index is 10.4. The first-order valence-electron chi connectivity index (χ1n) is 13.2. The molecule has 0 radical (unpaired) electrons. The molecule has 0 spiro atoms. The Morgan fingerprint density at radius 3 is 2.72 bits per heavy atom. The Balaban J connectivity index is 1.70. The number of allylic oxidation sites excluding steroid dienone is 3. The topological polar surface area (TPSA) is 49.7 Å². The van der Waals surface area contributed by atoms with Gasteiger partial charge in [0, 0.05) is 13.0 Å². The van der Waals surface area contributed by atoms with Crippen LogP contribution in [0.15, 0.2) is 35.5 Å². The van der Waals surface area contributed by atoms with Crippen molar-refractivity contribution in [3.63, 3.8) is 0 Å². The van der Waals surface area contributed by atoms with Crippen molar-refractivity contribution in [1.82, 2.24) is 0 Å². The number of aliphatic hydroxyl groups excluding tert-OH is 1. The van der Waals surface area contributed by atoms with E-state index >= 15 is 0 Å². The molecule has 0 aromatic heterocycles. The van der Waals surface area contributed by atoms with E-state index in [2.05, 4.69) is 32.6 Å². The lowest BCUT2D eigenvalue weighted by Crippen LogP contribution is -2.36. The average molecular weight is 445 g/mol. The van der Waals surface area contributed by atoms with Crippen LogP contribution in [0.2, 0.25) is 0 Å². The Morgan fingerprint density at radius 2 is 2.03 bits per heavy atom. The highest BCUT2D eigenvalue weighted by molar-refractivity contribution is 5.38. The van der Waals surface area contributed by atoms with E-state index in [0.29, 0.717) is 30.3 Å². The summed E-state index contributed by atoms with van der Waals surface area (Å²) in [6, 6.07) is 0. The van der Waals surface area contributed by atoms with Gasteiger partial charge in [-0.2, -0.15) is 0 Å². The van der Waals surface area contributed by atoms with Crippen LogP contribution in [-0.2, 0) is 4.74 Å². The number of aliphatic hydroxyl groups is 2. The van der Waals surface area contributed by atoms with Gasteiger partial charge >= 0.3 is 0 Å². The molecule has 3 nitrogen and oxygen atoms in total. The molecule has 0 unspecified atom stereocenters. The summed E-state index contributed by atoms with van der Waals surface area (Å²) in [6.07, 6.45) is 15.4. The maximum absolute atomic E-state index is 10.4. The molecule has 182 valence electrons. The maximum Gasteiger partial charge on any atom is 0.0811 e. The van der Waals surface area contributed by atoms with E-state index in [1.165, 1.54) is 38.5 Å². The minimum atomic E-state index is -0.548. The molecule has 0 aliphatic heterocycles. The van der Waals surface area contributed by atoms with Gasteiger partial charge in [0.05, 0.1) is 17.8 Å². The third-order valence-corrected chi connectivity index (χ3v) is 8.82. The van der Waals surface area contributed by atoms with Crippen molar-refractivity contribution in [2.24, 2.45) is 23.2 Å². The van der Waals surface area contributed by atoms with E-state index in [-0.39, 0.29) is 6.10 Å². The zero-order valence-corrected chi connectivity index (χ0v) is 21.3. The molecule has 3 saturated carbocycles. The highest BCUT2D eigenvalue weighted by Crippen LogP contribution is 2.60. The summed E-state index contributed by atoms with van der Waals surface area (Å²) in [5.41, 5.74) is 3.50. The molecule has 32 heavy (non-hydrogen) atoms. The zero-order valence-electron chi connectivity index (χ0n) is 21.3. The third kappa shape index (κ3) is 5.96. The number of hydrogen-bond acceptors (Lipinski definition) is 3. The van der Waals surface area contributed by atoms with Gasteiger partial charge in [-0.3, -0.25) is 0 Å². The molecule has 0 aromatic rings. The van der Waals surface area contributed by atoms with Gasteiger partial charge in [0.15, 0.2) is 0 Å². The van der Waals surface area contributed by atoms with Crippen LogP contribution in [0.5, 0.6) is 0 Å². The number of hydrogen-bond donors (Lipinski definition) is 2. The summed E-state index contributed by atoms with van der Waals surface area (Å²) in [6.45, 7) is 15.7. The van der Waals surface area contributed by atoms with Crippen LogP contribution in [0.4, 0.5) is 0 Å². The Kier molecular flexibility index (Phi) is 8.50. The van der Waals surface area contributed by atoms with Crippen LogP contribution < -0.4 is 0 Å². The molecule has 0 aromatic carbocycles. The fourth-order valence-electron chi connectivity index (χ4n) is 7.08. The lowest BCUT2D eigenvalue weighted by atomic mass is 9.60. The van der Waals surface area contributed by atoms with Crippen LogP contribution in [0.25, 0.3) is 0 Å². The van der Waals surface area contributed by atoms with Gasteiger partial charge in [0.25, 0.3) is 0 Å². The highest BCUT2D eigenvalue weighted by Gasteiger charge is 2.50. The van der Waals surface area contributed by atoms with Crippen molar-refractivity contribution in [2.75, 3.05) is 6.61 Å². The highest BCUT2D eigenvalue weighted by atomic mass is 16.5. The quantitative estimate of drug-likeness (QED) is 0.435. The van der Waals surface area contributed by atoms with Gasteiger partial charge in [0.1, 0.15) is 0 Å². The summed E-state index contributed by atoms with van der Waals surface area (Å²) in [4.78, 5) is 0. The van der Waals surface area contributed by atoms with E-state index < -0.39 is 11.7 Å². The van der Waals surface area contributed by atoms with E-state index in [9.17, 15) is 10.2 Å². The molecule has 3 heteroatoms. The second-order valence-electron chi connectivity index (χ2n) is 11.8. The van der Waals surface area contributed by atoms with Crippen molar-refractivity contribution in [1.29, 1.82) is 0 Å². The molecular weight excluding hydrogens is 396 g/mol. The van der Waals surface area contributed by atoms with Crippen molar-refractivity contribution in [2.45, 2.75) is 117 Å². The SMILES string of the molecule is C=C1/C(=C\C=C2/CCC[C@]3(C)[C@@H]([C@H](C)CCCC(C)(C)O)CC[C@@H]23)C[C@@H](OCC)C[C@@H]1O. The van der Waals surface area contributed by atoms with Gasteiger partial charge < -0.3 is 14.9 Å². The zero-order chi connectivity index (χ0) is 23.5. The van der Waals surface area contributed by atoms with Crippen molar-refractivity contribution < 1.29 is 14.9 Å². The van der Waals surface area contributed by atoms with Gasteiger partial charge in [0.2, 0.25) is 0 Å². The van der Waals surface area contributed by atoms with Crippen LogP contribution in [0, 0.1) is 23.2 Å². The Hall–Kier alpha value is -0.900. The van der Waals surface area contributed by atoms with Gasteiger partial charge in [-0.1, -0.05) is 51.0 Å². The molecule has 2 N–H and O–H groups in total. The fourth-order valence-corrected chi connectivity index (χ4v) is 7.08. The second-order valence-corrected chi connectivity index (χ2v) is 11.8. The molecule has 6 atom stereocenters. The smallest absolute Gasteiger partial charge is 0.0811 e. The Bertz CT molecular complexity index is 712. The van der Waals surface area contributed by atoms with E-state index in [0.717, 1.165) is 36.3 Å². The lowest BCUT2D eigenvalue weighted by molar-refractivity contribution is 0.0206. The molecule has 0 amide bonds. The molecule has 3 aliphatic rings. The van der Waals surface area contributed by atoms with Crippen molar-refractivity contribution in [3.05, 3.63) is 35.5 Å². The van der Waals surface area contributed by atoms with Crippen LogP contribution in [-0.4, -0.2) is 34.6 Å². The van der Waals surface area contributed by atoms with Gasteiger partial charge in [-0.15, -0.1) is 0 Å². The molecule has 3 rings (SSSR count). The first kappa shape index (κ1) is 25.7.